The van der Waals surface area contributed by atoms with E-state index in [0.717, 1.165) is 12.8 Å². The van der Waals surface area contributed by atoms with Crippen LogP contribution in [0.2, 0.25) is 0 Å². The summed E-state index contributed by atoms with van der Waals surface area (Å²) in [6, 6.07) is 0. The van der Waals surface area contributed by atoms with Gasteiger partial charge in [0.2, 0.25) is 0 Å². The third-order valence-electron chi connectivity index (χ3n) is 2.79. The van der Waals surface area contributed by atoms with Crippen molar-refractivity contribution in [1.29, 1.82) is 0 Å². The van der Waals surface area contributed by atoms with Crippen LogP contribution in [0.3, 0.4) is 0 Å². The standard InChI is InChI=1S/C10H15BrClN3O/c1-3-10(4-2,5-12)15-8-7(11)9(16)14-6-13-8/h6H,3-5H2,1-2H3,(H2,13,14,15,16). The van der Waals surface area contributed by atoms with E-state index in [2.05, 4.69) is 45.1 Å². The summed E-state index contributed by atoms with van der Waals surface area (Å²) in [5.74, 6) is 1.01. The smallest absolute Gasteiger partial charge is 0.267 e. The van der Waals surface area contributed by atoms with Crippen LogP contribution >= 0.6 is 27.5 Å². The number of nitrogens with one attached hydrogen (secondary N) is 2. The van der Waals surface area contributed by atoms with Gasteiger partial charge < -0.3 is 10.3 Å². The van der Waals surface area contributed by atoms with Crippen molar-refractivity contribution in [2.24, 2.45) is 0 Å². The summed E-state index contributed by atoms with van der Waals surface area (Å²) in [5.41, 5.74) is -0.418. The van der Waals surface area contributed by atoms with Gasteiger partial charge in [0.15, 0.2) is 0 Å². The summed E-state index contributed by atoms with van der Waals surface area (Å²) in [7, 11) is 0. The lowest BCUT2D eigenvalue weighted by Crippen LogP contribution is -2.39. The molecule has 0 radical (unpaired) electrons. The van der Waals surface area contributed by atoms with Gasteiger partial charge >= 0.3 is 0 Å². The normalized spacial score (nSPS) is 11.5. The van der Waals surface area contributed by atoms with E-state index in [1.54, 1.807) is 0 Å². The number of hydrogen-bond donors (Lipinski definition) is 2. The van der Waals surface area contributed by atoms with Crippen LogP contribution < -0.4 is 10.9 Å². The lowest BCUT2D eigenvalue weighted by Gasteiger charge is -2.31. The highest BCUT2D eigenvalue weighted by Crippen LogP contribution is 2.25. The minimum atomic E-state index is -0.217. The van der Waals surface area contributed by atoms with Crippen LogP contribution in [0.15, 0.2) is 15.6 Å². The molecule has 6 heteroatoms. The van der Waals surface area contributed by atoms with E-state index in [4.69, 9.17) is 11.6 Å². The number of anilines is 1. The second-order valence-corrected chi connectivity index (χ2v) is 4.70. The number of H-pyrrole nitrogens is 1. The van der Waals surface area contributed by atoms with Gasteiger partial charge in [0.05, 0.1) is 11.9 Å². The summed E-state index contributed by atoms with van der Waals surface area (Å²) >= 11 is 9.18. The fourth-order valence-electron chi connectivity index (χ4n) is 1.37. The van der Waals surface area contributed by atoms with Gasteiger partial charge in [0, 0.05) is 5.88 Å². The largest absolute Gasteiger partial charge is 0.362 e. The Bertz CT molecular complexity index is 395. The SMILES string of the molecule is CCC(CC)(CCl)Nc1nc[nH]c(=O)c1Br. The highest BCUT2D eigenvalue weighted by atomic mass is 79.9. The van der Waals surface area contributed by atoms with Gasteiger partial charge in [0.25, 0.3) is 5.56 Å². The lowest BCUT2D eigenvalue weighted by molar-refractivity contribution is 0.482. The Labute approximate surface area is 108 Å². The van der Waals surface area contributed by atoms with Gasteiger partial charge in [-0.05, 0) is 28.8 Å². The molecule has 0 spiro atoms. The third kappa shape index (κ3) is 2.77. The number of alkyl halides is 1. The number of halogens is 2. The Hall–Kier alpha value is -0.550. The Morgan fingerprint density at radius 3 is 2.69 bits per heavy atom. The van der Waals surface area contributed by atoms with E-state index in [1.807, 2.05) is 0 Å². The molecule has 0 amide bonds. The van der Waals surface area contributed by atoms with Crippen molar-refractivity contribution in [1.82, 2.24) is 9.97 Å². The van der Waals surface area contributed by atoms with Crippen molar-refractivity contribution in [2.75, 3.05) is 11.2 Å². The summed E-state index contributed by atoms with van der Waals surface area (Å²) in [5, 5.41) is 3.24. The van der Waals surface area contributed by atoms with Crippen molar-refractivity contribution in [3.05, 3.63) is 21.2 Å². The van der Waals surface area contributed by atoms with Gasteiger partial charge in [-0.2, -0.15) is 0 Å². The topological polar surface area (TPSA) is 57.8 Å². The summed E-state index contributed by atoms with van der Waals surface area (Å²) in [6.45, 7) is 4.11. The molecule has 1 aromatic heterocycles. The van der Waals surface area contributed by atoms with E-state index >= 15 is 0 Å². The maximum atomic E-state index is 11.4. The summed E-state index contributed by atoms with van der Waals surface area (Å²) in [4.78, 5) is 18.0. The van der Waals surface area contributed by atoms with Crippen molar-refractivity contribution < 1.29 is 0 Å². The average molecular weight is 309 g/mol. The van der Waals surface area contributed by atoms with Crippen LogP contribution in [-0.2, 0) is 0 Å². The van der Waals surface area contributed by atoms with E-state index in [0.29, 0.717) is 16.2 Å². The third-order valence-corrected chi connectivity index (χ3v) is 4.04. The number of hydrogen-bond acceptors (Lipinski definition) is 3. The van der Waals surface area contributed by atoms with E-state index in [1.165, 1.54) is 6.33 Å². The molecule has 4 nitrogen and oxygen atoms in total. The van der Waals surface area contributed by atoms with Gasteiger partial charge in [-0.25, -0.2) is 4.98 Å². The quantitative estimate of drug-likeness (QED) is 0.822. The maximum absolute atomic E-state index is 11.4. The van der Waals surface area contributed by atoms with E-state index < -0.39 is 0 Å². The van der Waals surface area contributed by atoms with Gasteiger partial charge in [-0.15, -0.1) is 11.6 Å². The molecule has 16 heavy (non-hydrogen) atoms. The number of rotatable bonds is 5. The van der Waals surface area contributed by atoms with E-state index in [9.17, 15) is 4.79 Å². The molecule has 1 heterocycles. The number of nitrogens with zero attached hydrogens (tertiary/aromatic N) is 1. The predicted molar refractivity (Wildman–Crippen MR) is 70.2 cm³/mol. The molecule has 0 saturated carbocycles. The molecule has 0 unspecified atom stereocenters. The minimum absolute atomic E-state index is 0.201. The zero-order valence-electron chi connectivity index (χ0n) is 9.31. The molecule has 0 aliphatic heterocycles. The molecule has 0 bridgehead atoms. The molecule has 0 saturated heterocycles. The van der Waals surface area contributed by atoms with Crippen LogP contribution in [0.25, 0.3) is 0 Å². The molecule has 0 aliphatic carbocycles. The molecule has 0 atom stereocenters. The molecule has 1 rings (SSSR count). The van der Waals surface area contributed by atoms with Crippen molar-refractivity contribution in [2.45, 2.75) is 32.2 Å². The molecule has 0 aliphatic rings. The van der Waals surface area contributed by atoms with Crippen LogP contribution in [-0.4, -0.2) is 21.4 Å². The van der Waals surface area contributed by atoms with Gasteiger partial charge in [-0.1, -0.05) is 13.8 Å². The first-order chi connectivity index (χ1) is 7.58. The van der Waals surface area contributed by atoms with E-state index in [-0.39, 0.29) is 11.1 Å². The molecular formula is C10H15BrClN3O. The monoisotopic (exact) mass is 307 g/mol. The summed E-state index contributed by atoms with van der Waals surface area (Å²) < 4.78 is 0.409. The number of aromatic nitrogens is 2. The predicted octanol–water partition coefficient (Wildman–Crippen LogP) is 2.74. The first-order valence-electron chi connectivity index (χ1n) is 5.16. The highest BCUT2D eigenvalue weighted by Gasteiger charge is 2.26. The van der Waals surface area contributed by atoms with Crippen LogP contribution in [0.1, 0.15) is 26.7 Å². The molecule has 0 fully saturated rings. The zero-order valence-corrected chi connectivity index (χ0v) is 11.7. The zero-order chi connectivity index (χ0) is 12.2. The first kappa shape index (κ1) is 13.5. The molecular weight excluding hydrogens is 293 g/mol. The average Bonchev–Trinajstić information content (AvgIpc) is 2.32. The highest BCUT2D eigenvalue weighted by molar-refractivity contribution is 9.10. The first-order valence-corrected chi connectivity index (χ1v) is 6.48. The van der Waals surface area contributed by atoms with Crippen LogP contribution in [0.4, 0.5) is 5.82 Å². The van der Waals surface area contributed by atoms with Gasteiger partial charge in [-0.3, -0.25) is 4.79 Å². The Balaban J connectivity index is 3.03. The van der Waals surface area contributed by atoms with Crippen molar-refractivity contribution >= 4 is 33.3 Å². The Morgan fingerprint density at radius 2 is 2.19 bits per heavy atom. The summed E-state index contributed by atoms with van der Waals surface area (Å²) in [6.07, 6.45) is 3.11. The Morgan fingerprint density at radius 1 is 1.56 bits per heavy atom. The second kappa shape index (κ2) is 5.68. The molecule has 0 aromatic carbocycles. The fraction of sp³-hybridized carbons (Fsp3) is 0.600. The molecule has 1 aromatic rings. The minimum Gasteiger partial charge on any atom is -0.362 e. The maximum Gasteiger partial charge on any atom is 0.267 e. The van der Waals surface area contributed by atoms with Crippen molar-refractivity contribution in [3.63, 3.8) is 0 Å². The molecule has 2 N–H and O–H groups in total. The Kier molecular flexibility index (Phi) is 4.80. The van der Waals surface area contributed by atoms with Crippen molar-refractivity contribution in [3.8, 4) is 0 Å². The molecule has 90 valence electrons. The fourth-order valence-corrected chi connectivity index (χ4v) is 2.13. The van der Waals surface area contributed by atoms with Gasteiger partial charge in [0.1, 0.15) is 10.3 Å². The van der Waals surface area contributed by atoms with Crippen LogP contribution in [0.5, 0.6) is 0 Å². The lowest BCUT2D eigenvalue weighted by atomic mass is 9.95. The second-order valence-electron chi connectivity index (χ2n) is 3.64. The number of aromatic amines is 1. The van der Waals surface area contributed by atoms with Crippen LogP contribution in [0, 0.1) is 0 Å².